The van der Waals surface area contributed by atoms with Crippen molar-refractivity contribution in [2.24, 2.45) is 0 Å². The summed E-state index contributed by atoms with van der Waals surface area (Å²) in [5, 5.41) is 0. The average molecular weight is 384 g/mol. The fourth-order valence-corrected chi connectivity index (χ4v) is 4.12. The first-order chi connectivity index (χ1) is 10.4. The van der Waals surface area contributed by atoms with E-state index in [1.165, 1.54) is 10.5 Å². The summed E-state index contributed by atoms with van der Waals surface area (Å²) in [6.45, 7) is 1.22. The molecule has 0 saturated heterocycles. The molecule has 0 radical (unpaired) electrons. The number of halogens is 1. The first kappa shape index (κ1) is 17.1. The van der Waals surface area contributed by atoms with Gasteiger partial charge in [0.2, 0.25) is 10.0 Å². The van der Waals surface area contributed by atoms with Gasteiger partial charge in [0, 0.05) is 16.6 Å². The van der Waals surface area contributed by atoms with E-state index in [4.69, 9.17) is 0 Å². The van der Waals surface area contributed by atoms with Crippen LogP contribution in [0.2, 0.25) is 0 Å². The summed E-state index contributed by atoms with van der Waals surface area (Å²) in [6, 6.07) is 14.8. The SMILES string of the molecule is C[NH+](C)Cc1ccc(CNS(=O)(=O)c2ccccc2Br)cc1. The van der Waals surface area contributed by atoms with E-state index in [0.717, 1.165) is 12.1 Å². The minimum absolute atomic E-state index is 0.253. The number of hydrogen-bond acceptors (Lipinski definition) is 2. The van der Waals surface area contributed by atoms with Crippen molar-refractivity contribution in [1.29, 1.82) is 0 Å². The highest BCUT2D eigenvalue weighted by Gasteiger charge is 2.16. The van der Waals surface area contributed by atoms with Gasteiger partial charge in [-0.05, 0) is 33.6 Å². The van der Waals surface area contributed by atoms with Crippen LogP contribution in [0.4, 0.5) is 0 Å². The maximum Gasteiger partial charge on any atom is 0.241 e. The zero-order chi connectivity index (χ0) is 16.2. The molecule has 0 bridgehead atoms. The van der Waals surface area contributed by atoms with Crippen LogP contribution >= 0.6 is 15.9 Å². The highest BCUT2D eigenvalue weighted by molar-refractivity contribution is 9.10. The summed E-state index contributed by atoms with van der Waals surface area (Å²) in [5.41, 5.74) is 2.17. The molecule has 0 aliphatic rings. The Bertz CT molecular complexity index is 728. The van der Waals surface area contributed by atoms with Gasteiger partial charge in [0.1, 0.15) is 6.54 Å². The highest BCUT2D eigenvalue weighted by atomic mass is 79.9. The van der Waals surface area contributed by atoms with E-state index in [0.29, 0.717) is 4.47 Å². The van der Waals surface area contributed by atoms with Gasteiger partial charge in [-0.1, -0.05) is 36.4 Å². The van der Waals surface area contributed by atoms with Crippen molar-refractivity contribution in [2.45, 2.75) is 18.0 Å². The zero-order valence-electron chi connectivity index (χ0n) is 12.6. The van der Waals surface area contributed by atoms with Crippen molar-refractivity contribution >= 4 is 26.0 Å². The largest absolute Gasteiger partial charge is 0.336 e. The lowest BCUT2D eigenvalue weighted by Crippen LogP contribution is -3.04. The van der Waals surface area contributed by atoms with E-state index in [9.17, 15) is 8.42 Å². The van der Waals surface area contributed by atoms with E-state index < -0.39 is 10.0 Å². The molecule has 2 aromatic carbocycles. The maximum atomic E-state index is 12.3. The Morgan fingerprint density at radius 3 is 2.18 bits per heavy atom. The third kappa shape index (κ3) is 4.64. The Hall–Kier alpha value is -1.21. The summed E-state index contributed by atoms with van der Waals surface area (Å²) in [6.07, 6.45) is 0. The molecule has 0 heterocycles. The van der Waals surface area contributed by atoms with E-state index in [-0.39, 0.29) is 11.4 Å². The fraction of sp³-hybridized carbons (Fsp3) is 0.250. The number of nitrogens with one attached hydrogen (secondary N) is 2. The lowest BCUT2D eigenvalue weighted by atomic mass is 10.1. The molecule has 0 amide bonds. The van der Waals surface area contributed by atoms with Crippen molar-refractivity contribution in [3.63, 3.8) is 0 Å². The van der Waals surface area contributed by atoms with Crippen molar-refractivity contribution in [2.75, 3.05) is 14.1 Å². The van der Waals surface area contributed by atoms with Gasteiger partial charge < -0.3 is 4.90 Å². The van der Waals surface area contributed by atoms with E-state index in [1.54, 1.807) is 24.3 Å². The molecule has 22 heavy (non-hydrogen) atoms. The lowest BCUT2D eigenvalue weighted by molar-refractivity contribution is -0.872. The molecule has 2 rings (SSSR count). The second kappa shape index (κ2) is 7.37. The van der Waals surface area contributed by atoms with Gasteiger partial charge in [-0.25, -0.2) is 13.1 Å². The second-order valence-electron chi connectivity index (χ2n) is 5.46. The van der Waals surface area contributed by atoms with E-state index in [1.807, 2.05) is 24.3 Å². The van der Waals surface area contributed by atoms with Crippen molar-refractivity contribution in [1.82, 2.24) is 4.72 Å². The fourth-order valence-electron chi connectivity index (χ4n) is 2.10. The molecule has 0 aliphatic heterocycles. The molecule has 4 nitrogen and oxygen atoms in total. The van der Waals surface area contributed by atoms with Crippen LogP contribution in [0.3, 0.4) is 0 Å². The van der Waals surface area contributed by atoms with E-state index >= 15 is 0 Å². The Morgan fingerprint density at radius 2 is 1.59 bits per heavy atom. The predicted molar refractivity (Wildman–Crippen MR) is 91.1 cm³/mol. The molecule has 2 N–H and O–H groups in total. The Morgan fingerprint density at radius 1 is 1.00 bits per heavy atom. The molecule has 2 aromatic rings. The third-order valence-electron chi connectivity index (χ3n) is 3.17. The standard InChI is InChI=1S/C16H19BrN2O2S/c1-19(2)12-14-9-7-13(8-10-14)11-18-22(20,21)16-6-4-3-5-15(16)17/h3-10,18H,11-12H2,1-2H3/p+1. The summed E-state index contributed by atoms with van der Waals surface area (Å²) in [5.74, 6) is 0. The monoisotopic (exact) mass is 383 g/mol. The Labute approximate surface area is 140 Å². The van der Waals surface area contributed by atoms with Crippen LogP contribution in [0.15, 0.2) is 57.9 Å². The molecule has 0 spiro atoms. The molecular weight excluding hydrogens is 364 g/mol. The van der Waals surface area contributed by atoms with Crippen molar-refractivity contribution in [3.8, 4) is 0 Å². The molecule has 0 aliphatic carbocycles. The summed E-state index contributed by atoms with van der Waals surface area (Å²) in [4.78, 5) is 1.60. The van der Waals surface area contributed by atoms with Gasteiger partial charge in [-0.2, -0.15) is 0 Å². The molecule has 0 unspecified atom stereocenters. The summed E-state index contributed by atoms with van der Waals surface area (Å²) >= 11 is 3.27. The quantitative estimate of drug-likeness (QED) is 0.795. The third-order valence-corrected chi connectivity index (χ3v) is 5.59. The van der Waals surface area contributed by atoms with Crippen molar-refractivity contribution < 1.29 is 13.3 Å². The molecule has 0 saturated carbocycles. The first-order valence-corrected chi connectivity index (χ1v) is 9.27. The zero-order valence-corrected chi connectivity index (χ0v) is 15.0. The Balaban J connectivity index is 2.05. The average Bonchev–Trinajstić information content (AvgIpc) is 2.46. The van der Waals surface area contributed by atoms with Gasteiger partial charge in [0.15, 0.2) is 0 Å². The molecule has 118 valence electrons. The van der Waals surface area contributed by atoms with Crippen LogP contribution in [0.25, 0.3) is 0 Å². The second-order valence-corrected chi connectivity index (χ2v) is 8.05. The molecule has 0 aromatic heterocycles. The molecular formula is C16H20BrN2O2S+. The molecule has 0 fully saturated rings. The van der Waals surface area contributed by atoms with Crippen molar-refractivity contribution in [3.05, 3.63) is 64.1 Å². The van der Waals surface area contributed by atoms with Gasteiger partial charge in [0.25, 0.3) is 0 Å². The normalized spacial score (nSPS) is 11.8. The van der Waals surface area contributed by atoms with Crippen LogP contribution in [0.1, 0.15) is 11.1 Å². The van der Waals surface area contributed by atoms with E-state index in [2.05, 4.69) is 34.7 Å². The minimum Gasteiger partial charge on any atom is -0.336 e. The highest BCUT2D eigenvalue weighted by Crippen LogP contribution is 2.21. The van der Waals surface area contributed by atoms with Crippen LogP contribution in [0, 0.1) is 0 Å². The summed E-state index contributed by atoms with van der Waals surface area (Å²) < 4.78 is 27.8. The van der Waals surface area contributed by atoms with Crippen LogP contribution in [-0.2, 0) is 23.1 Å². The number of rotatable bonds is 6. The van der Waals surface area contributed by atoms with Crippen LogP contribution in [0.5, 0.6) is 0 Å². The number of sulfonamides is 1. The lowest BCUT2D eigenvalue weighted by Gasteiger charge is -2.10. The molecule has 6 heteroatoms. The smallest absolute Gasteiger partial charge is 0.241 e. The molecule has 0 atom stereocenters. The van der Waals surface area contributed by atoms with Crippen LogP contribution < -0.4 is 9.62 Å². The predicted octanol–water partition coefficient (Wildman–Crippen LogP) is 1.57. The minimum atomic E-state index is -3.52. The van der Waals surface area contributed by atoms with Gasteiger partial charge >= 0.3 is 0 Å². The topological polar surface area (TPSA) is 50.6 Å². The first-order valence-electron chi connectivity index (χ1n) is 6.99. The number of benzene rings is 2. The van der Waals surface area contributed by atoms with Crippen LogP contribution in [-0.4, -0.2) is 22.5 Å². The number of quaternary nitrogens is 1. The van der Waals surface area contributed by atoms with Gasteiger partial charge in [-0.15, -0.1) is 0 Å². The maximum absolute atomic E-state index is 12.3. The van der Waals surface area contributed by atoms with Gasteiger partial charge in [0.05, 0.1) is 19.0 Å². The number of hydrogen-bond donors (Lipinski definition) is 2. The Kier molecular flexibility index (Phi) is 5.74. The summed E-state index contributed by atoms with van der Waals surface area (Å²) in [7, 11) is 0.675. The van der Waals surface area contributed by atoms with Gasteiger partial charge in [-0.3, -0.25) is 0 Å².